The minimum atomic E-state index is -0.444. The number of aliphatic hydroxyl groups excluding tert-OH is 1. The molecule has 0 fully saturated rings. The lowest BCUT2D eigenvalue weighted by Gasteiger charge is -2.17. The first-order valence-corrected chi connectivity index (χ1v) is 6.87. The number of hydrogen-bond acceptors (Lipinski definition) is 6. The van der Waals surface area contributed by atoms with E-state index in [1.807, 2.05) is 26.0 Å². The number of ether oxygens (including phenoxy) is 1. The van der Waals surface area contributed by atoms with Gasteiger partial charge in [-0.1, -0.05) is 0 Å². The summed E-state index contributed by atoms with van der Waals surface area (Å²) in [7, 11) is 0. The Morgan fingerprint density at radius 3 is 2.90 bits per heavy atom. The predicted molar refractivity (Wildman–Crippen MR) is 80.4 cm³/mol. The Bertz CT molecular complexity index is 658. The van der Waals surface area contributed by atoms with Crippen LogP contribution in [0.2, 0.25) is 0 Å². The van der Waals surface area contributed by atoms with Gasteiger partial charge in [0.2, 0.25) is 0 Å². The third-order valence-electron chi connectivity index (χ3n) is 3.03. The SMILES string of the molecule is CCOC(=O)c1cnc2nc(C)ccc2c1N[C@@H](C)CO. The van der Waals surface area contributed by atoms with E-state index >= 15 is 0 Å². The number of nitrogens with one attached hydrogen (secondary N) is 1. The van der Waals surface area contributed by atoms with E-state index in [1.165, 1.54) is 6.20 Å². The molecule has 0 spiro atoms. The summed E-state index contributed by atoms with van der Waals surface area (Å²) >= 11 is 0. The van der Waals surface area contributed by atoms with Gasteiger partial charge in [-0.3, -0.25) is 0 Å². The summed E-state index contributed by atoms with van der Waals surface area (Å²) in [5, 5.41) is 13.1. The first kappa shape index (κ1) is 15.2. The average Bonchev–Trinajstić information content (AvgIpc) is 2.47. The normalized spacial score (nSPS) is 12.2. The number of aryl methyl sites for hydroxylation is 1. The molecule has 2 heterocycles. The van der Waals surface area contributed by atoms with E-state index in [9.17, 15) is 9.90 Å². The third kappa shape index (κ3) is 3.28. The van der Waals surface area contributed by atoms with Gasteiger partial charge in [-0.15, -0.1) is 0 Å². The number of esters is 1. The van der Waals surface area contributed by atoms with E-state index in [-0.39, 0.29) is 19.3 Å². The Balaban J connectivity index is 2.59. The fraction of sp³-hybridized carbons (Fsp3) is 0.400. The van der Waals surface area contributed by atoms with Gasteiger partial charge in [0.25, 0.3) is 0 Å². The van der Waals surface area contributed by atoms with Crippen molar-refractivity contribution in [2.75, 3.05) is 18.5 Å². The molecule has 2 aromatic heterocycles. The molecule has 0 saturated carbocycles. The van der Waals surface area contributed by atoms with Crippen molar-refractivity contribution >= 4 is 22.7 Å². The van der Waals surface area contributed by atoms with Gasteiger partial charge in [0.05, 0.1) is 18.9 Å². The van der Waals surface area contributed by atoms with Crippen LogP contribution in [-0.2, 0) is 4.74 Å². The Morgan fingerprint density at radius 2 is 2.24 bits per heavy atom. The molecule has 0 amide bonds. The van der Waals surface area contributed by atoms with Crippen LogP contribution in [0.25, 0.3) is 11.0 Å². The standard InChI is InChI=1S/C15H19N3O3/c1-4-21-15(20)12-7-16-14-11(6-5-9(2)18-14)13(12)17-10(3)8-19/h5-7,10,19H,4,8H2,1-3H3,(H,16,17,18)/t10-/m0/s1. The van der Waals surface area contributed by atoms with Gasteiger partial charge in [-0.2, -0.15) is 0 Å². The molecule has 0 bridgehead atoms. The molecule has 0 radical (unpaired) electrons. The van der Waals surface area contributed by atoms with Crippen molar-refractivity contribution < 1.29 is 14.6 Å². The molecule has 6 heteroatoms. The average molecular weight is 289 g/mol. The van der Waals surface area contributed by atoms with Crippen LogP contribution in [0, 0.1) is 6.92 Å². The Labute approximate surface area is 123 Å². The second-order valence-corrected chi connectivity index (χ2v) is 4.82. The topological polar surface area (TPSA) is 84.3 Å². The quantitative estimate of drug-likeness (QED) is 0.818. The van der Waals surface area contributed by atoms with Crippen LogP contribution in [0.4, 0.5) is 5.69 Å². The molecule has 1 atom stereocenters. The van der Waals surface area contributed by atoms with E-state index < -0.39 is 5.97 Å². The third-order valence-corrected chi connectivity index (χ3v) is 3.03. The van der Waals surface area contributed by atoms with Crippen molar-refractivity contribution in [3.8, 4) is 0 Å². The maximum absolute atomic E-state index is 12.1. The zero-order chi connectivity index (χ0) is 15.4. The molecule has 0 saturated heterocycles. The van der Waals surface area contributed by atoms with Crippen molar-refractivity contribution in [3.05, 3.63) is 29.6 Å². The zero-order valence-electron chi connectivity index (χ0n) is 12.4. The zero-order valence-corrected chi connectivity index (χ0v) is 12.4. The highest BCUT2D eigenvalue weighted by atomic mass is 16.5. The summed E-state index contributed by atoms with van der Waals surface area (Å²) in [6, 6.07) is 3.51. The van der Waals surface area contributed by atoms with Crippen LogP contribution >= 0.6 is 0 Å². The summed E-state index contributed by atoms with van der Waals surface area (Å²) in [5.74, 6) is -0.444. The van der Waals surface area contributed by atoms with Gasteiger partial charge < -0.3 is 15.2 Å². The minimum absolute atomic E-state index is 0.0502. The monoisotopic (exact) mass is 289 g/mol. The number of fused-ring (bicyclic) bond motifs is 1. The van der Waals surface area contributed by atoms with E-state index in [2.05, 4.69) is 15.3 Å². The first-order chi connectivity index (χ1) is 10.1. The van der Waals surface area contributed by atoms with Crippen LogP contribution in [0.3, 0.4) is 0 Å². The van der Waals surface area contributed by atoms with Crippen molar-refractivity contribution in [2.24, 2.45) is 0 Å². The maximum Gasteiger partial charge on any atom is 0.341 e. The molecule has 112 valence electrons. The van der Waals surface area contributed by atoms with Crippen molar-refractivity contribution in [1.29, 1.82) is 0 Å². The second-order valence-electron chi connectivity index (χ2n) is 4.82. The van der Waals surface area contributed by atoms with Gasteiger partial charge in [0.1, 0.15) is 5.56 Å². The Kier molecular flexibility index (Phi) is 4.70. The van der Waals surface area contributed by atoms with Gasteiger partial charge in [-0.05, 0) is 32.9 Å². The summed E-state index contributed by atoms with van der Waals surface area (Å²) in [4.78, 5) is 20.6. The Morgan fingerprint density at radius 1 is 1.48 bits per heavy atom. The largest absolute Gasteiger partial charge is 0.462 e. The Hall–Kier alpha value is -2.21. The molecule has 0 aliphatic heterocycles. The number of aliphatic hydroxyl groups is 1. The molecule has 0 unspecified atom stereocenters. The van der Waals surface area contributed by atoms with Crippen molar-refractivity contribution in [2.45, 2.75) is 26.8 Å². The number of hydrogen-bond donors (Lipinski definition) is 2. The van der Waals surface area contributed by atoms with E-state index in [0.717, 1.165) is 11.1 Å². The molecular weight excluding hydrogens is 270 g/mol. The van der Waals surface area contributed by atoms with E-state index in [4.69, 9.17) is 4.74 Å². The summed E-state index contributed by atoms with van der Waals surface area (Å²) < 4.78 is 5.05. The number of rotatable bonds is 5. The predicted octanol–water partition coefficient (Wildman–Crippen LogP) is 1.91. The molecule has 6 nitrogen and oxygen atoms in total. The lowest BCUT2D eigenvalue weighted by atomic mass is 10.1. The van der Waals surface area contributed by atoms with Gasteiger partial charge >= 0.3 is 5.97 Å². The highest BCUT2D eigenvalue weighted by Crippen LogP contribution is 2.26. The molecule has 2 rings (SSSR count). The fourth-order valence-electron chi connectivity index (χ4n) is 1.98. The molecule has 0 aromatic carbocycles. The first-order valence-electron chi connectivity index (χ1n) is 6.87. The van der Waals surface area contributed by atoms with Crippen LogP contribution in [0.15, 0.2) is 18.3 Å². The van der Waals surface area contributed by atoms with Crippen LogP contribution < -0.4 is 5.32 Å². The number of carbonyl (C=O) groups excluding carboxylic acids is 1. The number of anilines is 1. The van der Waals surface area contributed by atoms with Crippen molar-refractivity contribution in [1.82, 2.24) is 9.97 Å². The van der Waals surface area contributed by atoms with Crippen LogP contribution in [0.5, 0.6) is 0 Å². The van der Waals surface area contributed by atoms with E-state index in [1.54, 1.807) is 6.92 Å². The lowest BCUT2D eigenvalue weighted by molar-refractivity contribution is 0.0527. The number of aromatic nitrogens is 2. The summed E-state index contributed by atoms with van der Waals surface area (Å²) in [5.41, 5.74) is 2.33. The molecule has 2 N–H and O–H groups in total. The summed E-state index contributed by atoms with van der Waals surface area (Å²) in [6.45, 7) is 5.69. The molecule has 0 aliphatic rings. The molecule has 21 heavy (non-hydrogen) atoms. The smallest absolute Gasteiger partial charge is 0.341 e. The molecule has 2 aromatic rings. The second kappa shape index (κ2) is 6.49. The van der Waals surface area contributed by atoms with Crippen LogP contribution in [0.1, 0.15) is 29.9 Å². The van der Waals surface area contributed by atoms with E-state index in [0.29, 0.717) is 16.9 Å². The van der Waals surface area contributed by atoms with Gasteiger partial charge in [0, 0.05) is 23.3 Å². The highest BCUT2D eigenvalue weighted by Gasteiger charge is 2.18. The number of carbonyl (C=O) groups is 1. The number of nitrogens with zero attached hydrogens (tertiary/aromatic N) is 2. The lowest BCUT2D eigenvalue weighted by Crippen LogP contribution is -2.22. The molecular formula is C15H19N3O3. The highest BCUT2D eigenvalue weighted by molar-refractivity contribution is 6.04. The fourth-order valence-corrected chi connectivity index (χ4v) is 1.98. The van der Waals surface area contributed by atoms with Gasteiger partial charge in [-0.25, -0.2) is 14.8 Å². The van der Waals surface area contributed by atoms with Crippen LogP contribution in [-0.4, -0.2) is 40.3 Å². The molecule has 0 aliphatic carbocycles. The van der Waals surface area contributed by atoms with Gasteiger partial charge in [0.15, 0.2) is 5.65 Å². The summed E-state index contributed by atoms with van der Waals surface area (Å²) in [6.07, 6.45) is 1.46. The maximum atomic E-state index is 12.1. The minimum Gasteiger partial charge on any atom is -0.462 e. The van der Waals surface area contributed by atoms with Crippen molar-refractivity contribution in [3.63, 3.8) is 0 Å². The number of pyridine rings is 2.